The molecule has 1 aromatic carbocycles. The molecule has 2 N–H and O–H groups in total. The molecule has 2 rings (SSSR count). The lowest BCUT2D eigenvalue weighted by molar-refractivity contribution is -0.136. The van der Waals surface area contributed by atoms with Crippen molar-refractivity contribution in [3.8, 4) is 0 Å². The van der Waals surface area contributed by atoms with E-state index in [4.69, 9.17) is 15.0 Å². The number of carboxylic acid groups (broad SMARTS) is 2. The lowest BCUT2D eigenvalue weighted by atomic mass is 9.84. The summed E-state index contributed by atoms with van der Waals surface area (Å²) in [7, 11) is 0. The van der Waals surface area contributed by atoms with Gasteiger partial charge < -0.3 is 10.2 Å². The van der Waals surface area contributed by atoms with Gasteiger partial charge in [-0.15, -0.1) is 0 Å². The van der Waals surface area contributed by atoms with Crippen LogP contribution < -0.4 is 0 Å². The molecule has 0 aliphatic heterocycles. The molecule has 110 valence electrons. The third-order valence-electron chi connectivity index (χ3n) is 3.41. The summed E-state index contributed by atoms with van der Waals surface area (Å²) in [5, 5.41) is 16.1. The van der Waals surface area contributed by atoms with Crippen molar-refractivity contribution in [2.24, 2.45) is 0 Å². The van der Waals surface area contributed by atoms with Crippen molar-refractivity contribution in [2.75, 3.05) is 0 Å². The third kappa shape index (κ3) is 6.36. The molecule has 4 heteroatoms. The predicted octanol–water partition coefficient (Wildman–Crippen LogP) is 3.45. The molecule has 4 nitrogen and oxygen atoms in total. The number of aliphatic carboxylic acids is 2. The van der Waals surface area contributed by atoms with Crippen LogP contribution in [0, 0.1) is 0 Å². The zero-order valence-corrected chi connectivity index (χ0v) is 11.8. The van der Waals surface area contributed by atoms with Crippen LogP contribution in [-0.2, 0) is 16.0 Å². The largest absolute Gasteiger partial charge is 0.481 e. The number of hydrogen-bond donors (Lipinski definition) is 2. The minimum Gasteiger partial charge on any atom is -0.481 e. The van der Waals surface area contributed by atoms with Crippen molar-refractivity contribution in [3.05, 3.63) is 35.4 Å². The molecule has 0 spiro atoms. The van der Waals surface area contributed by atoms with E-state index in [1.165, 1.54) is 37.7 Å². The maximum absolute atomic E-state index is 10.6. The SMILES string of the molecule is CC(=O)O.O=C(O)Cc1ccc(C2CCCCC2)cc1. The summed E-state index contributed by atoms with van der Waals surface area (Å²) in [6.45, 7) is 1.08. The fourth-order valence-corrected chi connectivity index (χ4v) is 2.52. The molecule has 1 saturated carbocycles. The maximum atomic E-state index is 10.6. The molecule has 0 unspecified atom stereocenters. The Hall–Kier alpha value is -1.84. The first-order valence-corrected chi connectivity index (χ1v) is 6.99. The van der Waals surface area contributed by atoms with Crippen molar-refractivity contribution < 1.29 is 19.8 Å². The van der Waals surface area contributed by atoms with Crippen LogP contribution in [0.15, 0.2) is 24.3 Å². The molecule has 0 aromatic heterocycles. The first kappa shape index (κ1) is 16.2. The highest BCUT2D eigenvalue weighted by atomic mass is 16.4. The highest BCUT2D eigenvalue weighted by molar-refractivity contribution is 5.70. The zero-order chi connectivity index (χ0) is 15.0. The normalized spacial score (nSPS) is 15.1. The molecule has 20 heavy (non-hydrogen) atoms. The molecule has 0 atom stereocenters. The summed E-state index contributed by atoms with van der Waals surface area (Å²) in [5.74, 6) is -0.891. The van der Waals surface area contributed by atoms with Gasteiger partial charge in [-0.25, -0.2) is 0 Å². The molecule has 1 aromatic rings. The predicted molar refractivity (Wildman–Crippen MR) is 76.9 cm³/mol. The van der Waals surface area contributed by atoms with Crippen LogP contribution in [0.2, 0.25) is 0 Å². The van der Waals surface area contributed by atoms with Gasteiger partial charge in [0, 0.05) is 6.92 Å². The van der Waals surface area contributed by atoms with Crippen LogP contribution in [0.25, 0.3) is 0 Å². The molecule has 1 aliphatic rings. The van der Waals surface area contributed by atoms with E-state index in [9.17, 15) is 4.79 Å². The Morgan fingerprint density at radius 1 is 1.05 bits per heavy atom. The standard InChI is InChI=1S/C14H18O2.C2H4O2/c15-14(16)10-11-6-8-13(9-7-11)12-4-2-1-3-5-12;1-2(3)4/h6-9,12H,1-5,10H2,(H,15,16);1H3,(H,3,4). The fourth-order valence-electron chi connectivity index (χ4n) is 2.52. The van der Waals surface area contributed by atoms with E-state index >= 15 is 0 Å². The minimum atomic E-state index is -0.833. The van der Waals surface area contributed by atoms with Crippen LogP contribution in [0.4, 0.5) is 0 Å². The van der Waals surface area contributed by atoms with Crippen LogP contribution in [0.3, 0.4) is 0 Å². The lowest BCUT2D eigenvalue weighted by Crippen LogP contribution is -2.05. The molecule has 0 amide bonds. The summed E-state index contributed by atoms with van der Waals surface area (Å²) in [6, 6.07) is 8.12. The smallest absolute Gasteiger partial charge is 0.307 e. The number of carboxylic acids is 2. The number of carbonyl (C=O) groups is 2. The fraction of sp³-hybridized carbons (Fsp3) is 0.500. The average Bonchev–Trinajstić information content (AvgIpc) is 2.39. The van der Waals surface area contributed by atoms with Crippen LogP contribution >= 0.6 is 0 Å². The monoisotopic (exact) mass is 278 g/mol. The molecule has 1 fully saturated rings. The van der Waals surface area contributed by atoms with Gasteiger partial charge in [-0.1, -0.05) is 43.5 Å². The first-order valence-electron chi connectivity index (χ1n) is 6.99. The lowest BCUT2D eigenvalue weighted by Gasteiger charge is -2.22. The van der Waals surface area contributed by atoms with E-state index in [-0.39, 0.29) is 6.42 Å². The second-order valence-corrected chi connectivity index (χ2v) is 5.17. The molecular formula is C16H22O4. The number of rotatable bonds is 3. The number of benzene rings is 1. The molecule has 0 radical (unpaired) electrons. The van der Waals surface area contributed by atoms with Crippen molar-refractivity contribution in [1.29, 1.82) is 0 Å². The Bertz CT molecular complexity index is 426. The van der Waals surface area contributed by atoms with E-state index in [1.54, 1.807) is 0 Å². The van der Waals surface area contributed by atoms with Gasteiger partial charge in [0.2, 0.25) is 0 Å². The van der Waals surface area contributed by atoms with Gasteiger partial charge in [-0.3, -0.25) is 9.59 Å². The van der Waals surface area contributed by atoms with Crippen LogP contribution in [0.1, 0.15) is 56.1 Å². The van der Waals surface area contributed by atoms with Gasteiger partial charge in [-0.2, -0.15) is 0 Å². The van der Waals surface area contributed by atoms with Gasteiger partial charge in [-0.05, 0) is 29.9 Å². The minimum absolute atomic E-state index is 0.130. The first-order chi connectivity index (χ1) is 9.49. The van der Waals surface area contributed by atoms with E-state index < -0.39 is 11.9 Å². The van der Waals surface area contributed by atoms with E-state index in [0.717, 1.165) is 12.5 Å². The van der Waals surface area contributed by atoms with Gasteiger partial charge >= 0.3 is 5.97 Å². The quantitative estimate of drug-likeness (QED) is 0.888. The van der Waals surface area contributed by atoms with Crippen molar-refractivity contribution >= 4 is 11.9 Å². The Balaban J connectivity index is 0.000000444. The Labute approximate surface area is 119 Å². The van der Waals surface area contributed by atoms with E-state index in [2.05, 4.69) is 12.1 Å². The summed E-state index contributed by atoms with van der Waals surface area (Å²) < 4.78 is 0. The average molecular weight is 278 g/mol. The van der Waals surface area contributed by atoms with Crippen molar-refractivity contribution in [2.45, 2.75) is 51.4 Å². The zero-order valence-electron chi connectivity index (χ0n) is 11.8. The van der Waals surface area contributed by atoms with E-state index in [0.29, 0.717) is 5.92 Å². The number of hydrogen-bond acceptors (Lipinski definition) is 2. The van der Waals surface area contributed by atoms with Crippen LogP contribution in [0.5, 0.6) is 0 Å². The highest BCUT2D eigenvalue weighted by Gasteiger charge is 2.15. The topological polar surface area (TPSA) is 74.6 Å². The Morgan fingerprint density at radius 3 is 2.00 bits per heavy atom. The third-order valence-corrected chi connectivity index (χ3v) is 3.41. The van der Waals surface area contributed by atoms with Gasteiger partial charge in [0.1, 0.15) is 0 Å². The van der Waals surface area contributed by atoms with Crippen molar-refractivity contribution in [3.63, 3.8) is 0 Å². The van der Waals surface area contributed by atoms with Gasteiger partial charge in [0.25, 0.3) is 5.97 Å². The summed E-state index contributed by atoms with van der Waals surface area (Å²) in [5.41, 5.74) is 2.28. The van der Waals surface area contributed by atoms with Crippen LogP contribution in [-0.4, -0.2) is 22.2 Å². The van der Waals surface area contributed by atoms with Gasteiger partial charge in [0.15, 0.2) is 0 Å². The molecule has 1 aliphatic carbocycles. The summed E-state index contributed by atoms with van der Waals surface area (Å²) >= 11 is 0. The Kier molecular flexibility index (Phi) is 6.77. The summed E-state index contributed by atoms with van der Waals surface area (Å²) in [6.07, 6.45) is 6.75. The second kappa shape index (κ2) is 8.35. The molecule has 0 heterocycles. The molecule has 0 saturated heterocycles. The second-order valence-electron chi connectivity index (χ2n) is 5.17. The molecule has 0 bridgehead atoms. The van der Waals surface area contributed by atoms with Gasteiger partial charge in [0.05, 0.1) is 6.42 Å². The summed E-state index contributed by atoms with van der Waals surface area (Å²) in [4.78, 5) is 19.6. The molecular weight excluding hydrogens is 256 g/mol. The van der Waals surface area contributed by atoms with Crippen molar-refractivity contribution in [1.82, 2.24) is 0 Å². The highest BCUT2D eigenvalue weighted by Crippen LogP contribution is 2.32. The maximum Gasteiger partial charge on any atom is 0.307 e. The van der Waals surface area contributed by atoms with E-state index in [1.807, 2.05) is 12.1 Å². The Morgan fingerprint density at radius 2 is 1.55 bits per heavy atom.